The maximum atomic E-state index is 12.2. The van der Waals surface area contributed by atoms with Crippen molar-refractivity contribution >= 4 is 30.7 Å². The topological polar surface area (TPSA) is 45.2 Å². The van der Waals surface area contributed by atoms with E-state index in [1.165, 1.54) is 0 Å². The van der Waals surface area contributed by atoms with E-state index in [2.05, 4.69) is 10.3 Å². The summed E-state index contributed by atoms with van der Waals surface area (Å²) < 4.78 is 0. The van der Waals surface area contributed by atoms with E-state index in [1.807, 2.05) is 31.0 Å². The highest BCUT2D eigenvalue weighted by Gasteiger charge is 2.26. The summed E-state index contributed by atoms with van der Waals surface area (Å²) >= 11 is 0. The minimum atomic E-state index is 0. The molecule has 0 spiro atoms. The second-order valence-corrected chi connectivity index (χ2v) is 4.16. The maximum absolute atomic E-state index is 12.2. The van der Waals surface area contributed by atoms with Gasteiger partial charge in [-0.15, -0.1) is 24.8 Å². The lowest BCUT2D eigenvalue weighted by molar-refractivity contribution is 0.0788. The van der Waals surface area contributed by atoms with E-state index < -0.39 is 0 Å². The van der Waals surface area contributed by atoms with Crippen LogP contribution in [0.4, 0.5) is 0 Å². The summed E-state index contributed by atoms with van der Waals surface area (Å²) in [7, 11) is 1.94. The van der Waals surface area contributed by atoms with Gasteiger partial charge in [0, 0.05) is 31.0 Å². The zero-order chi connectivity index (χ0) is 11.5. The molecule has 0 saturated carbocycles. The van der Waals surface area contributed by atoms with Gasteiger partial charge in [-0.25, -0.2) is 0 Å². The molecule has 0 aromatic carbocycles. The van der Waals surface area contributed by atoms with Gasteiger partial charge in [0.15, 0.2) is 0 Å². The van der Waals surface area contributed by atoms with Crippen LogP contribution in [0.3, 0.4) is 0 Å². The summed E-state index contributed by atoms with van der Waals surface area (Å²) in [5, 5.41) is 3.21. The van der Waals surface area contributed by atoms with Crippen molar-refractivity contribution < 1.29 is 4.79 Å². The summed E-state index contributed by atoms with van der Waals surface area (Å²) in [6.07, 6.45) is 2.74. The molecule has 2 heterocycles. The third-order valence-electron chi connectivity index (χ3n) is 3.12. The molecule has 1 saturated heterocycles. The Hall–Kier alpha value is -0.840. The van der Waals surface area contributed by atoms with E-state index in [1.54, 1.807) is 6.20 Å². The minimum Gasteiger partial charge on any atom is -0.337 e. The molecule has 1 aliphatic rings. The molecule has 2 rings (SSSR count). The number of nitrogens with one attached hydrogen (secondary N) is 1. The van der Waals surface area contributed by atoms with Crippen LogP contribution in [-0.2, 0) is 0 Å². The van der Waals surface area contributed by atoms with E-state index in [-0.39, 0.29) is 30.7 Å². The Morgan fingerprint density at radius 1 is 1.50 bits per heavy atom. The number of likely N-dealkylation sites (N-methyl/N-ethyl adjacent to an activating group) is 1. The van der Waals surface area contributed by atoms with Crippen LogP contribution in [0.15, 0.2) is 18.3 Å². The van der Waals surface area contributed by atoms with Crippen LogP contribution >= 0.6 is 24.8 Å². The predicted octanol–water partition coefficient (Wildman–Crippen LogP) is 1.67. The summed E-state index contributed by atoms with van der Waals surface area (Å²) in [4.78, 5) is 18.2. The fourth-order valence-electron chi connectivity index (χ4n) is 2.06. The number of hydrogen-bond donors (Lipinski definition) is 1. The summed E-state index contributed by atoms with van der Waals surface area (Å²) in [6, 6.07) is 4.09. The van der Waals surface area contributed by atoms with Gasteiger partial charge in [-0.1, -0.05) is 0 Å². The fourth-order valence-corrected chi connectivity index (χ4v) is 2.06. The van der Waals surface area contributed by atoms with E-state index in [0.29, 0.717) is 6.04 Å². The lowest BCUT2D eigenvalue weighted by atomic mass is 10.2. The molecule has 0 bridgehead atoms. The van der Waals surface area contributed by atoms with Gasteiger partial charge in [0.25, 0.3) is 5.91 Å². The smallest absolute Gasteiger partial charge is 0.255 e. The quantitative estimate of drug-likeness (QED) is 0.902. The van der Waals surface area contributed by atoms with Gasteiger partial charge < -0.3 is 10.2 Å². The number of nitrogens with zero attached hydrogens (tertiary/aromatic N) is 2. The Morgan fingerprint density at radius 3 is 2.78 bits per heavy atom. The zero-order valence-corrected chi connectivity index (χ0v) is 12.2. The first-order valence-electron chi connectivity index (χ1n) is 5.60. The van der Waals surface area contributed by atoms with Crippen molar-refractivity contribution in [2.24, 2.45) is 0 Å². The largest absolute Gasteiger partial charge is 0.337 e. The Labute approximate surface area is 120 Å². The molecule has 0 radical (unpaired) electrons. The van der Waals surface area contributed by atoms with Gasteiger partial charge in [-0.3, -0.25) is 9.78 Å². The van der Waals surface area contributed by atoms with Crippen molar-refractivity contribution in [1.29, 1.82) is 0 Å². The third-order valence-corrected chi connectivity index (χ3v) is 3.12. The lowest BCUT2D eigenvalue weighted by Gasteiger charge is -2.17. The number of rotatable bonds is 2. The molecule has 0 aliphatic carbocycles. The van der Waals surface area contributed by atoms with E-state index in [4.69, 9.17) is 0 Å². The third kappa shape index (κ3) is 3.57. The van der Waals surface area contributed by atoms with Crippen LogP contribution in [-0.4, -0.2) is 42.0 Å². The number of carbonyl (C=O) groups is 1. The molecule has 102 valence electrons. The van der Waals surface area contributed by atoms with Crippen molar-refractivity contribution in [2.45, 2.75) is 19.4 Å². The molecular weight excluding hydrogens is 273 g/mol. The molecule has 1 aliphatic heterocycles. The van der Waals surface area contributed by atoms with E-state index in [0.717, 1.165) is 30.8 Å². The number of aromatic nitrogens is 1. The predicted molar refractivity (Wildman–Crippen MR) is 76.8 cm³/mol. The van der Waals surface area contributed by atoms with Gasteiger partial charge in [0.1, 0.15) is 0 Å². The number of aryl methyl sites for hydroxylation is 1. The highest BCUT2D eigenvalue weighted by atomic mass is 35.5. The molecule has 6 heteroatoms. The summed E-state index contributed by atoms with van der Waals surface area (Å²) in [5.74, 6) is 0.100. The Kier molecular flexibility index (Phi) is 7.21. The van der Waals surface area contributed by atoms with Gasteiger partial charge in [0.2, 0.25) is 0 Å². The van der Waals surface area contributed by atoms with E-state index >= 15 is 0 Å². The zero-order valence-electron chi connectivity index (χ0n) is 10.5. The summed E-state index contributed by atoms with van der Waals surface area (Å²) in [5.41, 5.74) is 1.53. The number of likely N-dealkylation sites (tertiary alicyclic amines) is 1. The van der Waals surface area contributed by atoms with Crippen molar-refractivity contribution in [2.75, 3.05) is 20.1 Å². The Bertz CT molecular complexity index is 401. The average Bonchev–Trinajstić information content (AvgIpc) is 2.77. The van der Waals surface area contributed by atoms with Crippen LogP contribution in [0.5, 0.6) is 0 Å². The van der Waals surface area contributed by atoms with Crippen LogP contribution in [0.1, 0.15) is 22.5 Å². The normalized spacial score (nSPS) is 17.9. The van der Waals surface area contributed by atoms with Gasteiger partial charge in [-0.2, -0.15) is 0 Å². The second-order valence-electron chi connectivity index (χ2n) is 4.16. The van der Waals surface area contributed by atoms with Gasteiger partial charge in [-0.05, 0) is 32.5 Å². The van der Waals surface area contributed by atoms with Gasteiger partial charge >= 0.3 is 0 Å². The minimum absolute atomic E-state index is 0. The average molecular weight is 292 g/mol. The highest BCUT2D eigenvalue weighted by Crippen LogP contribution is 2.14. The monoisotopic (exact) mass is 291 g/mol. The molecule has 1 N–H and O–H groups in total. The molecule has 1 unspecified atom stereocenters. The maximum Gasteiger partial charge on any atom is 0.255 e. The van der Waals surface area contributed by atoms with Gasteiger partial charge in [0.05, 0.1) is 5.56 Å². The number of pyridine rings is 1. The fraction of sp³-hybridized carbons (Fsp3) is 0.500. The first-order valence-corrected chi connectivity index (χ1v) is 5.60. The van der Waals surface area contributed by atoms with Crippen LogP contribution in [0.25, 0.3) is 0 Å². The molecule has 1 aromatic rings. The first-order chi connectivity index (χ1) is 7.72. The molecule has 1 atom stereocenters. The Balaban J connectivity index is 0.00000144. The molecule has 4 nitrogen and oxygen atoms in total. The van der Waals surface area contributed by atoms with Crippen LogP contribution in [0, 0.1) is 6.92 Å². The van der Waals surface area contributed by atoms with Crippen LogP contribution in [0.2, 0.25) is 0 Å². The number of carbonyl (C=O) groups excluding carboxylic acids is 1. The summed E-state index contributed by atoms with van der Waals surface area (Å²) in [6.45, 7) is 3.50. The number of amides is 1. The Morgan fingerprint density at radius 2 is 2.22 bits per heavy atom. The van der Waals surface area contributed by atoms with Crippen molar-refractivity contribution in [1.82, 2.24) is 15.2 Å². The lowest BCUT2D eigenvalue weighted by Crippen LogP contribution is -2.33. The number of halogens is 2. The van der Waals surface area contributed by atoms with Crippen molar-refractivity contribution in [3.63, 3.8) is 0 Å². The van der Waals surface area contributed by atoms with E-state index in [9.17, 15) is 4.79 Å². The molecule has 1 aromatic heterocycles. The van der Waals surface area contributed by atoms with Crippen molar-refractivity contribution in [3.05, 3.63) is 29.6 Å². The number of hydrogen-bond acceptors (Lipinski definition) is 3. The van der Waals surface area contributed by atoms with Crippen molar-refractivity contribution in [3.8, 4) is 0 Å². The molecule has 1 fully saturated rings. The molecule has 1 amide bonds. The molecule has 18 heavy (non-hydrogen) atoms. The van der Waals surface area contributed by atoms with Crippen LogP contribution < -0.4 is 5.32 Å². The SMILES string of the molecule is CNC1CCN(C(=O)c2cccnc2C)C1.Cl.Cl. The first kappa shape index (κ1) is 17.2. The standard InChI is InChI=1S/C12H17N3O.2ClH/c1-9-11(4-3-6-14-9)12(16)15-7-5-10(8-15)13-2;;/h3-4,6,10,13H,5,7-8H2,1-2H3;2*1H. The highest BCUT2D eigenvalue weighted by molar-refractivity contribution is 5.95. The second kappa shape index (κ2) is 7.56. The molecular formula is C12H19Cl2N3O.